The van der Waals surface area contributed by atoms with Gasteiger partial charge in [-0.3, -0.25) is 0 Å². The molecular formula is C15H22N2O2S. The Labute approximate surface area is 121 Å². The largest absolute Gasteiger partial charge is 0.306 e. The van der Waals surface area contributed by atoms with Crippen LogP contribution in [-0.4, -0.2) is 41.0 Å². The van der Waals surface area contributed by atoms with E-state index in [1.54, 1.807) is 0 Å². The molecule has 0 atom stereocenters. The highest BCUT2D eigenvalue weighted by atomic mass is 32.2. The van der Waals surface area contributed by atoms with Gasteiger partial charge in [-0.25, -0.2) is 13.1 Å². The maximum absolute atomic E-state index is 11.6. The number of hydrogen-bond donors (Lipinski definition) is 1. The monoisotopic (exact) mass is 294 g/mol. The van der Waals surface area contributed by atoms with Crippen LogP contribution >= 0.6 is 0 Å². The van der Waals surface area contributed by atoms with Crippen molar-refractivity contribution in [3.05, 3.63) is 41.0 Å². The van der Waals surface area contributed by atoms with Crippen LogP contribution in [0.1, 0.15) is 23.1 Å². The van der Waals surface area contributed by atoms with Gasteiger partial charge in [0.2, 0.25) is 10.0 Å². The quantitative estimate of drug-likeness (QED) is 0.898. The topological polar surface area (TPSA) is 49.4 Å². The number of nitrogens with one attached hydrogen (secondary N) is 1. The molecule has 1 aromatic carbocycles. The molecular weight excluding hydrogens is 272 g/mol. The van der Waals surface area contributed by atoms with Crippen LogP contribution in [0.5, 0.6) is 0 Å². The fraction of sp³-hybridized carbons (Fsp3) is 0.467. The number of sulfonamides is 1. The Balaban J connectivity index is 2.26. The molecule has 0 spiro atoms. The smallest absolute Gasteiger partial charge is 0.215 e. The van der Waals surface area contributed by atoms with E-state index in [9.17, 15) is 8.42 Å². The third-order valence-corrected chi connectivity index (χ3v) is 4.89. The minimum atomic E-state index is -3.21. The number of allylic oxidation sites excluding steroid dienone is 1. The SMILES string of the molecule is CNS(=O)(=O)Cc1ccc2c(c1)/C(=C/CN(C)C)CC2. The van der Waals surface area contributed by atoms with E-state index in [1.807, 2.05) is 26.2 Å². The van der Waals surface area contributed by atoms with Crippen molar-refractivity contribution >= 4 is 15.6 Å². The van der Waals surface area contributed by atoms with Gasteiger partial charge in [0.25, 0.3) is 0 Å². The molecule has 0 amide bonds. The van der Waals surface area contributed by atoms with Crippen LogP contribution in [-0.2, 0) is 22.2 Å². The summed E-state index contributed by atoms with van der Waals surface area (Å²) in [7, 11) is 2.33. The predicted octanol–water partition coefficient (Wildman–Crippen LogP) is 1.63. The van der Waals surface area contributed by atoms with Crippen molar-refractivity contribution in [3.8, 4) is 0 Å². The molecule has 0 radical (unpaired) electrons. The van der Waals surface area contributed by atoms with E-state index in [4.69, 9.17) is 0 Å². The van der Waals surface area contributed by atoms with Gasteiger partial charge >= 0.3 is 0 Å². The van der Waals surface area contributed by atoms with E-state index < -0.39 is 10.0 Å². The summed E-state index contributed by atoms with van der Waals surface area (Å²) in [5.41, 5.74) is 4.71. The molecule has 5 heteroatoms. The summed E-state index contributed by atoms with van der Waals surface area (Å²) in [6.07, 6.45) is 4.33. The van der Waals surface area contributed by atoms with E-state index in [0.717, 1.165) is 24.9 Å². The molecule has 0 saturated heterocycles. The molecule has 0 unspecified atom stereocenters. The Morgan fingerprint density at radius 1 is 1.30 bits per heavy atom. The Bertz CT molecular complexity index is 619. The highest BCUT2D eigenvalue weighted by molar-refractivity contribution is 7.88. The van der Waals surface area contributed by atoms with Crippen molar-refractivity contribution in [1.29, 1.82) is 0 Å². The lowest BCUT2D eigenvalue weighted by Gasteiger charge is -2.09. The molecule has 0 aromatic heterocycles. The molecule has 1 aliphatic rings. The minimum Gasteiger partial charge on any atom is -0.306 e. The van der Waals surface area contributed by atoms with Crippen LogP contribution in [0.2, 0.25) is 0 Å². The Hall–Kier alpha value is -1.17. The van der Waals surface area contributed by atoms with Crippen molar-refractivity contribution < 1.29 is 8.42 Å². The first-order valence-corrected chi connectivity index (χ1v) is 8.43. The number of benzene rings is 1. The zero-order valence-corrected chi connectivity index (χ0v) is 13.1. The standard InChI is InChI=1S/C15H22N2O2S/c1-16-20(18,19)11-12-4-5-13-6-7-14(15(13)10-12)8-9-17(2)3/h4-5,8,10,16H,6-7,9,11H2,1-3H3/b14-8+. The average molecular weight is 294 g/mol. The highest BCUT2D eigenvalue weighted by Crippen LogP contribution is 2.33. The van der Waals surface area contributed by atoms with E-state index in [2.05, 4.69) is 21.8 Å². The molecule has 1 aromatic rings. The highest BCUT2D eigenvalue weighted by Gasteiger charge is 2.18. The molecule has 0 saturated carbocycles. The summed E-state index contributed by atoms with van der Waals surface area (Å²) < 4.78 is 25.6. The van der Waals surface area contributed by atoms with E-state index in [0.29, 0.717) is 0 Å². The molecule has 0 fully saturated rings. The fourth-order valence-electron chi connectivity index (χ4n) is 2.43. The van der Waals surface area contributed by atoms with Gasteiger partial charge in [-0.1, -0.05) is 24.3 Å². The van der Waals surface area contributed by atoms with Gasteiger partial charge in [0, 0.05) is 6.54 Å². The maximum Gasteiger partial charge on any atom is 0.215 e. The number of fused-ring (bicyclic) bond motifs is 1. The molecule has 20 heavy (non-hydrogen) atoms. The van der Waals surface area contributed by atoms with Gasteiger partial charge in [-0.05, 0) is 56.2 Å². The zero-order chi connectivity index (χ0) is 14.8. The van der Waals surface area contributed by atoms with Gasteiger partial charge in [-0.15, -0.1) is 0 Å². The number of likely N-dealkylation sites (N-methyl/N-ethyl adjacent to an activating group) is 1. The van der Waals surface area contributed by atoms with Gasteiger partial charge in [-0.2, -0.15) is 0 Å². The van der Waals surface area contributed by atoms with Crippen LogP contribution in [0.15, 0.2) is 24.3 Å². The second-order valence-electron chi connectivity index (χ2n) is 5.45. The number of nitrogens with zero attached hydrogens (tertiary/aromatic N) is 1. The van der Waals surface area contributed by atoms with Crippen molar-refractivity contribution in [2.75, 3.05) is 27.7 Å². The van der Waals surface area contributed by atoms with E-state index in [1.165, 1.54) is 23.7 Å². The average Bonchev–Trinajstić information content (AvgIpc) is 2.78. The predicted molar refractivity (Wildman–Crippen MR) is 83.0 cm³/mol. The van der Waals surface area contributed by atoms with Crippen LogP contribution < -0.4 is 4.72 Å². The lowest BCUT2D eigenvalue weighted by molar-refractivity contribution is 0.456. The van der Waals surface area contributed by atoms with Crippen LogP contribution in [0.3, 0.4) is 0 Å². The molecule has 4 nitrogen and oxygen atoms in total. The van der Waals surface area contributed by atoms with E-state index >= 15 is 0 Å². The van der Waals surface area contributed by atoms with Crippen LogP contribution in [0.4, 0.5) is 0 Å². The van der Waals surface area contributed by atoms with Crippen LogP contribution in [0.25, 0.3) is 5.57 Å². The lowest BCUT2D eigenvalue weighted by Crippen LogP contribution is -2.20. The molecule has 2 rings (SSSR count). The first-order valence-electron chi connectivity index (χ1n) is 6.78. The molecule has 1 aliphatic carbocycles. The summed E-state index contributed by atoms with van der Waals surface area (Å²) in [5, 5.41) is 0. The van der Waals surface area contributed by atoms with Crippen LogP contribution in [0, 0.1) is 0 Å². The number of hydrogen-bond acceptors (Lipinski definition) is 3. The summed E-state index contributed by atoms with van der Waals surface area (Å²) in [5.74, 6) is 0.0394. The first kappa shape index (κ1) is 15.2. The molecule has 0 aliphatic heterocycles. The normalized spacial score (nSPS) is 16.9. The van der Waals surface area contributed by atoms with Crippen molar-refractivity contribution in [2.45, 2.75) is 18.6 Å². The number of rotatable bonds is 5. The lowest BCUT2D eigenvalue weighted by atomic mass is 10.0. The number of aryl methyl sites for hydroxylation is 1. The fourth-order valence-corrected chi connectivity index (χ4v) is 3.19. The maximum atomic E-state index is 11.6. The third kappa shape index (κ3) is 3.69. The second-order valence-corrected chi connectivity index (χ2v) is 7.37. The van der Waals surface area contributed by atoms with Gasteiger partial charge in [0.15, 0.2) is 0 Å². The summed E-state index contributed by atoms with van der Waals surface area (Å²) >= 11 is 0. The van der Waals surface area contributed by atoms with Gasteiger partial charge in [0.05, 0.1) is 5.75 Å². The van der Waals surface area contributed by atoms with Gasteiger partial charge in [0.1, 0.15) is 0 Å². The first-order chi connectivity index (χ1) is 9.41. The zero-order valence-electron chi connectivity index (χ0n) is 12.3. The summed E-state index contributed by atoms with van der Waals surface area (Å²) in [4.78, 5) is 2.13. The van der Waals surface area contributed by atoms with Crippen molar-refractivity contribution in [3.63, 3.8) is 0 Å². The summed E-state index contributed by atoms with van der Waals surface area (Å²) in [6, 6.07) is 6.01. The third-order valence-electron chi connectivity index (χ3n) is 3.55. The van der Waals surface area contributed by atoms with Crippen molar-refractivity contribution in [1.82, 2.24) is 9.62 Å². The second kappa shape index (κ2) is 6.08. The Morgan fingerprint density at radius 3 is 2.70 bits per heavy atom. The Morgan fingerprint density at radius 2 is 2.05 bits per heavy atom. The van der Waals surface area contributed by atoms with Gasteiger partial charge < -0.3 is 4.90 Å². The molecule has 0 heterocycles. The van der Waals surface area contributed by atoms with Crippen molar-refractivity contribution in [2.24, 2.45) is 0 Å². The molecule has 1 N–H and O–H groups in total. The summed E-state index contributed by atoms with van der Waals surface area (Å²) in [6.45, 7) is 0.911. The molecule has 0 bridgehead atoms. The minimum absolute atomic E-state index is 0.0394. The Kier molecular flexibility index (Phi) is 4.62. The molecule has 110 valence electrons. The van der Waals surface area contributed by atoms with E-state index in [-0.39, 0.29) is 5.75 Å².